The van der Waals surface area contributed by atoms with Crippen LogP contribution >= 0.6 is 0 Å². The van der Waals surface area contributed by atoms with Crippen LogP contribution in [0.25, 0.3) is 0 Å². The Hall–Kier alpha value is -0.0800. The zero-order chi connectivity index (χ0) is 10.2. The van der Waals surface area contributed by atoms with E-state index in [1.54, 1.807) is 0 Å². The molecule has 0 aliphatic heterocycles. The summed E-state index contributed by atoms with van der Waals surface area (Å²) in [5, 5.41) is 0. The number of nitrogens with zero attached hydrogens (tertiary/aromatic N) is 1. The minimum Gasteiger partial charge on any atom is -0.329 e. The minimum atomic E-state index is 0.820. The van der Waals surface area contributed by atoms with Crippen LogP contribution in [0.3, 0.4) is 0 Å². The molecule has 0 spiro atoms. The van der Waals surface area contributed by atoms with Gasteiger partial charge in [-0.15, -0.1) is 0 Å². The SMILES string of the molecule is CCCCN(CCN)C1CCCCC1. The van der Waals surface area contributed by atoms with Crippen molar-refractivity contribution in [3.63, 3.8) is 0 Å². The fourth-order valence-electron chi connectivity index (χ4n) is 2.45. The second-order valence-corrected chi connectivity index (χ2v) is 4.47. The van der Waals surface area contributed by atoms with Crippen LogP contribution in [0.15, 0.2) is 0 Å². The molecular formula is C12H26N2. The van der Waals surface area contributed by atoms with E-state index in [1.807, 2.05) is 0 Å². The summed E-state index contributed by atoms with van der Waals surface area (Å²) in [7, 11) is 0. The number of hydrogen-bond donors (Lipinski definition) is 1. The molecule has 84 valence electrons. The molecule has 2 N–H and O–H groups in total. The zero-order valence-corrected chi connectivity index (χ0v) is 9.67. The second kappa shape index (κ2) is 7.24. The summed E-state index contributed by atoms with van der Waals surface area (Å²) in [5.41, 5.74) is 5.67. The highest BCUT2D eigenvalue weighted by molar-refractivity contribution is 4.75. The highest BCUT2D eigenvalue weighted by Gasteiger charge is 2.19. The van der Waals surface area contributed by atoms with Crippen LogP contribution < -0.4 is 5.73 Å². The summed E-state index contributed by atoms with van der Waals surface area (Å²) in [5.74, 6) is 0. The summed E-state index contributed by atoms with van der Waals surface area (Å²) in [4.78, 5) is 2.63. The lowest BCUT2D eigenvalue weighted by molar-refractivity contribution is 0.158. The van der Waals surface area contributed by atoms with Gasteiger partial charge in [-0.1, -0.05) is 32.6 Å². The monoisotopic (exact) mass is 198 g/mol. The van der Waals surface area contributed by atoms with E-state index in [0.29, 0.717) is 0 Å². The Morgan fingerprint density at radius 1 is 1.14 bits per heavy atom. The second-order valence-electron chi connectivity index (χ2n) is 4.47. The molecule has 0 aromatic heterocycles. The quantitative estimate of drug-likeness (QED) is 0.710. The maximum atomic E-state index is 5.67. The van der Waals surface area contributed by atoms with E-state index in [4.69, 9.17) is 5.73 Å². The highest BCUT2D eigenvalue weighted by Crippen LogP contribution is 2.22. The summed E-state index contributed by atoms with van der Waals surface area (Å²) < 4.78 is 0. The van der Waals surface area contributed by atoms with E-state index in [9.17, 15) is 0 Å². The van der Waals surface area contributed by atoms with Gasteiger partial charge in [-0.2, -0.15) is 0 Å². The van der Waals surface area contributed by atoms with E-state index < -0.39 is 0 Å². The van der Waals surface area contributed by atoms with Crippen molar-refractivity contribution < 1.29 is 0 Å². The zero-order valence-electron chi connectivity index (χ0n) is 9.67. The van der Waals surface area contributed by atoms with Crippen molar-refractivity contribution in [1.82, 2.24) is 4.90 Å². The van der Waals surface area contributed by atoms with Gasteiger partial charge in [0, 0.05) is 19.1 Å². The summed E-state index contributed by atoms with van der Waals surface area (Å²) in [6, 6.07) is 0.846. The van der Waals surface area contributed by atoms with E-state index in [-0.39, 0.29) is 0 Å². The maximum Gasteiger partial charge on any atom is 0.0108 e. The van der Waals surface area contributed by atoms with Crippen molar-refractivity contribution >= 4 is 0 Å². The van der Waals surface area contributed by atoms with Gasteiger partial charge < -0.3 is 5.73 Å². The molecule has 0 heterocycles. The van der Waals surface area contributed by atoms with Crippen molar-refractivity contribution in [2.75, 3.05) is 19.6 Å². The summed E-state index contributed by atoms with van der Waals surface area (Å²) >= 11 is 0. The van der Waals surface area contributed by atoms with Gasteiger partial charge in [-0.05, 0) is 25.8 Å². The Kier molecular flexibility index (Phi) is 6.20. The molecule has 0 atom stereocenters. The summed E-state index contributed by atoms with van der Waals surface area (Å²) in [6.45, 7) is 5.45. The molecule has 1 saturated carbocycles. The molecule has 0 radical (unpaired) electrons. The summed E-state index contributed by atoms with van der Waals surface area (Å²) in [6.07, 6.45) is 9.74. The van der Waals surface area contributed by atoms with Crippen LogP contribution in [0.5, 0.6) is 0 Å². The van der Waals surface area contributed by atoms with Gasteiger partial charge in [0.2, 0.25) is 0 Å². The van der Waals surface area contributed by atoms with Gasteiger partial charge in [-0.25, -0.2) is 0 Å². The van der Waals surface area contributed by atoms with Gasteiger partial charge in [-0.3, -0.25) is 4.90 Å². The third-order valence-corrected chi connectivity index (χ3v) is 3.31. The molecular weight excluding hydrogens is 172 g/mol. The molecule has 0 bridgehead atoms. The first kappa shape index (κ1) is 12.0. The van der Waals surface area contributed by atoms with Gasteiger partial charge in [0.15, 0.2) is 0 Å². The molecule has 1 aliphatic rings. The van der Waals surface area contributed by atoms with Gasteiger partial charge in [0.1, 0.15) is 0 Å². The molecule has 1 aliphatic carbocycles. The van der Waals surface area contributed by atoms with Gasteiger partial charge >= 0.3 is 0 Å². The van der Waals surface area contributed by atoms with Crippen LogP contribution in [0.2, 0.25) is 0 Å². The maximum absolute atomic E-state index is 5.67. The van der Waals surface area contributed by atoms with E-state index in [0.717, 1.165) is 19.1 Å². The molecule has 14 heavy (non-hydrogen) atoms. The molecule has 0 aromatic rings. The largest absolute Gasteiger partial charge is 0.329 e. The van der Waals surface area contributed by atoms with E-state index >= 15 is 0 Å². The molecule has 0 saturated heterocycles. The van der Waals surface area contributed by atoms with Gasteiger partial charge in [0.25, 0.3) is 0 Å². The van der Waals surface area contributed by atoms with Crippen LogP contribution in [0.4, 0.5) is 0 Å². The molecule has 0 amide bonds. The number of hydrogen-bond acceptors (Lipinski definition) is 2. The van der Waals surface area contributed by atoms with Crippen LogP contribution in [0.1, 0.15) is 51.9 Å². The highest BCUT2D eigenvalue weighted by atomic mass is 15.2. The Bertz CT molecular complexity index is 130. The predicted molar refractivity (Wildman–Crippen MR) is 62.4 cm³/mol. The number of rotatable bonds is 6. The van der Waals surface area contributed by atoms with Gasteiger partial charge in [0.05, 0.1) is 0 Å². The number of nitrogens with two attached hydrogens (primary N) is 1. The lowest BCUT2D eigenvalue weighted by atomic mass is 9.94. The lowest BCUT2D eigenvalue weighted by Crippen LogP contribution is -2.40. The van der Waals surface area contributed by atoms with E-state index in [2.05, 4.69) is 11.8 Å². The third-order valence-electron chi connectivity index (χ3n) is 3.31. The van der Waals surface area contributed by atoms with Crippen molar-refractivity contribution in [1.29, 1.82) is 0 Å². The van der Waals surface area contributed by atoms with Crippen molar-refractivity contribution in [3.05, 3.63) is 0 Å². The first-order valence-electron chi connectivity index (χ1n) is 6.32. The van der Waals surface area contributed by atoms with Crippen LogP contribution in [-0.2, 0) is 0 Å². The number of unbranched alkanes of at least 4 members (excludes halogenated alkanes) is 1. The smallest absolute Gasteiger partial charge is 0.0108 e. The average molecular weight is 198 g/mol. The van der Waals surface area contributed by atoms with Crippen molar-refractivity contribution in [2.24, 2.45) is 5.73 Å². The fourth-order valence-corrected chi connectivity index (χ4v) is 2.45. The Labute approximate surface area is 88.8 Å². The molecule has 0 unspecified atom stereocenters. The van der Waals surface area contributed by atoms with Crippen molar-refractivity contribution in [2.45, 2.75) is 57.9 Å². The fraction of sp³-hybridized carbons (Fsp3) is 1.00. The molecule has 1 rings (SSSR count). The molecule has 2 heteroatoms. The van der Waals surface area contributed by atoms with E-state index in [1.165, 1.54) is 51.5 Å². The molecule has 0 aromatic carbocycles. The average Bonchev–Trinajstić information content (AvgIpc) is 2.25. The third kappa shape index (κ3) is 3.97. The van der Waals surface area contributed by atoms with Crippen LogP contribution in [0, 0.1) is 0 Å². The normalized spacial score (nSPS) is 19.1. The predicted octanol–water partition coefficient (Wildman–Crippen LogP) is 2.38. The molecule has 2 nitrogen and oxygen atoms in total. The minimum absolute atomic E-state index is 0.820. The Morgan fingerprint density at radius 3 is 2.43 bits per heavy atom. The Balaban J connectivity index is 2.30. The Morgan fingerprint density at radius 2 is 1.86 bits per heavy atom. The van der Waals surface area contributed by atoms with Crippen LogP contribution in [-0.4, -0.2) is 30.6 Å². The topological polar surface area (TPSA) is 29.3 Å². The molecule has 1 fully saturated rings. The first-order valence-corrected chi connectivity index (χ1v) is 6.32. The standard InChI is InChI=1S/C12H26N2/c1-2-3-10-14(11-9-13)12-7-5-4-6-8-12/h12H,2-11,13H2,1H3. The lowest BCUT2D eigenvalue weighted by Gasteiger charge is -2.34. The first-order chi connectivity index (χ1) is 6.88. The van der Waals surface area contributed by atoms with Crippen molar-refractivity contribution in [3.8, 4) is 0 Å².